The van der Waals surface area contributed by atoms with E-state index in [1.807, 2.05) is 24.5 Å². The van der Waals surface area contributed by atoms with Gasteiger partial charge in [-0.3, -0.25) is 9.78 Å². The smallest absolute Gasteiger partial charge is 0.146 e. The second-order valence-corrected chi connectivity index (χ2v) is 4.47. The zero-order chi connectivity index (χ0) is 11.3. The minimum absolute atomic E-state index is 0.0324. The molecule has 15 heavy (non-hydrogen) atoms. The Morgan fingerprint density at radius 3 is 2.80 bits per heavy atom. The number of carbonyl (C=O) groups excluding carboxylic acids is 1. The van der Waals surface area contributed by atoms with E-state index in [2.05, 4.69) is 4.98 Å². The van der Waals surface area contributed by atoms with Crippen LogP contribution >= 0.6 is 11.8 Å². The first-order valence-electron chi connectivity index (χ1n) is 4.85. The standard InChI is InChI=1S/C11H16N2OS/c1-8(14)9(12)7-11(15-2)10-5-3-4-6-13-10/h3-6,9,11H,7,12H2,1-2H3/t9-,11?/m0/s1. The zero-order valence-corrected chi connectivity index (χ0v) is 9.83. The van der Waals surface area contributed by atoms with Gasteiger partial charge >= 0.3 is 0 Å². The van der Waals surface area contributed by atoms with Crippen LogP contribution in [0.3, 0.4) is 0 Å². The molecular formula is C11H16N2OS. The van der Waals surface area contributed by atoms with E-state index in [0.29, 0.717) is 6.42 Å². The lowest BCUT2D eigenvalue weighted by Crippen LogP contribution is -2.29. The Hall–Kier alpha value is -0.870. The molecule has 0 aliphatic heterocycles. The molecule has 0 saturated heterocycles. The maximum absolute atomic E-state index is 11.1. The molecule has 0 radical (unpaired) electrons. The lowest BCUT2D eigenvalue weighted by atomic mass is 10.1. The third-order valence-corrected chi connectivity index (χ3v) is 3.30. The molecule has 0 aliphatic rings. The first kappa shape index (κ1) is 12.2. The van der Waals surface area contributed by atoms with Crippen LogP contribution in [-0.4, -0.2) is 23.1 Å². The number of hydrogen-bond donors (Lipinski definition) is 1. The Labute approximate surface area is 94.5 Å². The van der Waals surface area contributed by atoms with Crippen molar-refractivity contribution in [3.8, 4) is 0 Å². The predicted molar refractivity (Wildman–Crippen MR) is 63.8 cm³/mol. The van der Waals surface area contributed by atoms with Crippen LogP contribution in [-0.2, 0) is 4.79 Å². The largest absolute Gasteiger partial charge is 0.321 e. The van der Waals surface area contributed by atoms with E-state index in [-0.39, 0.29) is 17.1 Å². The minimum atomic E-state index is -0.385. The highest BCUT2D eigenvalue weighted by atomic mass is 32.2. The number of thioether (sulfide) groups is 1. The summed E-state index contributed by atoms with van der Waals surface area (Å²) in [6, 6.07) is 5.41. The Balaban J connectivity index is 2.69. The van der Waals surface area contributed by atoms with Crippen molar-refractivity contribution in [3.63, 3.8) is 0 Å². The van der Waals surface area contributed by atoms with Crippen LogP contribution in [0.1, 0.15) is 24.3 Å². The molecule has 2 atom stereocenters. The van der Waals surface area contributed by atoms with Gasteiger partial charge in [-0.05, 0) is 31.7 Å². The van der Waals surface area contributed by atoms with Crippen LogP contribution in [0.5, 0.6) is 0 Å². The molecular weight excluding hydrogens is 208 g/mol. The van der Waals surface area contributed by atoms with Crippen molar-refractivity contribution in [1.29, 1.82) is 0 Å². The molecule has 4 heteroatoms. The maximum atomic E-state index is 11.1. The second-order valence-electron chi connectivity index (χ2n) is 3.43. The Kier molecular flexibility index (Phi) is 4.78. The van der Waals surface area contributed by atoms with Crippen LogP contribution in [0.4, 0.5) is 0 Å². The van der Waals surface area contributed by atoms with Gasteiger partial charge in [-0.15, -0.1) is 0 Å². The molecule has 1 aromatic heterocycles. The van der Waals surface area contributed by atoms with Gasteiger partial charge in [0.1, 0.15) is 5.78 Å². The molecule has 0 spiro atoms. The first-order chi connectivity index (χ1) is 7.15. The van der Waals surface area contributed by atoms with Gasteiger partial charge in [-0.25, -0.2) is 0 Å². The molecule has 0 bridgehead atoms. The Bertz CT molecular complexity index is 316. The molecule has 0 fully saturated rings. The summed E-state index contributed by atoms with van der Waals surface area (Å²) in [5.41, 5.74) is 6.73. The zero-order valence-electron chi connectivity index (χ0n) is 9.01. The highest BCUT2D eigenvalue weighted by Gasteiger charge is 2.18. The Morgan fingerprint density at radius 2 is 2.33 bits per heavy atom. The van der Waals surface area contributed by atoms with Gasteiger partial charge in [-0.2, -0.15) is 11.8 Å². The molecule has 0 saturated carbocycles. The van der Waals surface area contributed by atoms with Crippen molar-refractivity contribution in [1.82, 2.24) is 4.98 Å². The fraction of sp³-hybridized carbons (Fsp3) is 0.455. The number of Topliss-reactive ketones (excluding diaryl/α,β-unsaturated/α-hetero) is 1. The summed E-state index contributed by atoms with van der Waals surface area (Å²) in [6.45, 7) is 1.53. The van der Waals surface area contributed by atoms with Gasteiger partial charge in [0.05, 0.1) is 11.7 Å². The van der Waals surface area contributed by atoms with Crippen LogP contribution < -0.4 is 5.73 Å². The second kappa shape index (κ2) is 5.88. The lowest BCUT2D eigenvalue weighted by Gasteiger charge is -2.16. The third-order valence-electron chi connectivity index (χ3n) is 2.29. The topological polar surface area (TPSA) is 56.0 Å². The Morgan fingerprint density at radius 1 is 1.60 bits per heavy atom. The summed E-state index contributed by atoms with van der Waals surface area (Å²) in [7, 11) is 0. The van der Waals surface area contributed by atoms with Gasteiger partial charge in [0.15, 0.2) is 0 Å². The van der Waals surface area contributed by atoms with Gasteiger partial charge in [0.25, 0.3) is 0 Å². The summed E-state index contributed by atoms with van der Waals surface area (Å²) in [5.74, 6) is 0.0324. The number of nitrogens with zero attached hydrogens (tertiary/aromatic N) is 1. The number of ketones is 1. The molecule has 0 amide bonds. The van der Waals surface area contributed by atoms with Crippen LogP contribution in [0.15, 0.2) is 24.4 Å². The highest BCUT2D eigenvalue weighted by Crippen LogP contribution is 2.29. The average molecular weight is 224 g/mol. The van der Waals surface area contributed by atoms with E-state index in [1.54, 1.807) is 18.0 Å². The fourth-order valence-corrected chi connectivity index (χ4v) is 2.08. The van der Waals surface area contributed by atoms with Crippen molar-refractivity contribution < 1.29 is 4.79 Å². The van der Waals surface area contributed by atoms with Gasteiger partial charge < -0.3 is 5.73 Å². The maximum Gasteiger partial charge on any atom is 0.146 e. The monoisotopic (exact) mass is 224 g/mol. The van der Waals surface area contributed by atoms with Gasteiger partial charge in [0.2, 0.25) is 0 Å². The third kappa shape index (κ3) is 3.64. The van der Waals surface area contributed by atoms with Crippen LogP contribution in [0, 0.1) is 0 Å². The predicted octanol–water partition coefficient (Wildman–Crippen LogP) is 1.79. The molecule has 1 aromatic rings. The lowest BCUT2D eigenvalue weighted by molar-refractivity contribution is -0.118. The van der Waals surface area contributed by atoms with Crippen LogP contribution in [0.25, 0.3) is 0 Å². The van der Waals surface area contributed by atoms with Crippen molar-refractivity contribution in [2.24, 2.45) is 5.73 Å². The van der Waals surface area contributed by atoms with Crippen molar-refractivity contribution in [2.75, 3.05) is 6.26 Å². The summed E-state index contributed by atoms with van der Waals surface area (Å²) in [6.07, 6.45) is 4.41. The molecule has 0 aliphatic carbocycles. The molecule has 0 aromatic carbocycles. The first-order valence-corrected chi connectivity index (χ1v) is 6.13. The number of aromatic nitrogens is 1. The molecule has 82 valence electrons. The van der Waals surface area contributed by atoms with E-state index >= 15 is 0 Å². The van der Waals surface area contributed by atoms with Gasteiger partial charge in [-0.1, -0.05) is 6.07 Å². The van der Waals surface area contributed by atoms with Crippen molar-refractivity contribution in [3.05, 3.63) is 30.1 Å². The van der Waals surface area contributed by atoms with Crippen molar-refractivity contribution in [2.45, 2.75) is 24.6 Å². The van der Waals surface area contributed by atoms with Crippen LogP contribution in [0.2, 0.25) is 0 Å². The fourth-order valence-electron chi connectivity index (χ4n) is 1.30. The molecule has 3 nitrogen and oxygen atoms in total. The average Bonchev–Trinajstić information content (AvgIpc) is 2.26. The normalized spacial score (nSPS) is 14.6. The summed E-state index contributed by atoms with van der Waals surface area (Å²) >= 11 is 1.67. The number of hydrogen-bond acceptors (Lipinski definition) is 4. The summed E-state index contributed by atoms with van der Waals surface area (Å²) < 4.78 is 0. The highest BCUT2D eigenvalue weighted by molar-refractivity contribution is 7.98. The quantitative estimate of drug-likeness (QED) is 0.828. The molecule has 1 unspecified atom stereocenters. The van der Waals surface area contributed by atoms with E-state index in [1.165, 1.54) is 6.92 Å². The van der Waals surface area contributed by atoms with Crippen molar-refractivity contribution >= 4 is 17.5 Å². The SMILES string of the molecule is CSC(C[C@H](N)C(C)=O)c1ccccn1. The van der Waals surface area contributed by atoms with E-state index in [9.17, 15) is 4.79 Å². The molecule has 2 N–H and O–H groups in total. The number of nitrogens with two attached hydrogens (primary N) is 1. The molecule has 1 heterocycles. The van der Waals surface area contributed by atoms with E-state index in [4.69, 9.17) is 5.73 Å². The van der Waals surface area contributed by atoms with E-state index in [0.717, 1.165) is 5.69 Å². The number of rotatable bonds is 5. The van der Waals surface area contributed by atoms with Gasteiger partial charge in [0, 0.05) is 11.4 Å². The molecule has 1 rings (SSSR count). The van der Waals surface area contributed by atoms with E-state index < -0.39 is 0 Å². The number of pyridine rings is 1. The number of carbonyl (C=O) groups is 1. The summed E-state index contributed by atoms with van der Waals surface area (Å²) in [4.78, 5) is 15.3. The minimum Gasteiger partial charge on any atom is -0.321 e. The summed E-state index contributed by atoms with van der Waals surface area (Å²) in [5, 5.41) is 0.199.